The van der Waals surface area contributed by atoms with Crippen LogP contribution >= 0.6 is 0 Å². The molecule has 0 aliphatic rings. The topological polar surface area (TPSA) is 108 Å². The predicted molar refractivity (Wildman–Crippen MR) is 101 cm³/mol. The molecule has 4 aromatic heterocycles. The van der Waals surface area contributed by atoms with Crippen molar-refractivity contribution in [2.75, 3.05) is 5.73 Å². The SMILES string of the molecule is CCc1cccc(Cn2cc(-c3cc(-c4cccnc4)nc(N)n3)nn2)n1. The first-order valence-electron chi connectivity index (χ1n) is 8.61. The number of nitrogen functional groups attached to an aromatic ring is 1. The van der Waals surface area contributed by atoms with Gasteiger partial charge in [-0.3, -0.25) is 9.97 Å². The van der Waals surface area contributed by atoms with Gasteiger partial charge in [0.15, 0.2) is 0 Å². The molecule has 2 N–H and O–H groups in total. The third kappa shape index (κ3) is 3.79. The lowest BCUT2D eigenvalue weighted by molar-refractivity contribution is 0.636. The molecule has 0 spiro atoms. The predicted octanol–water partition coefficient (Wildman–Crippen LogP) is 2.39. The molecule has 0 aromatic carbocycles. The summed E-state index contributed by atoms with van der Waals surface area (Å²) >= 11 is 0. The third-order valence-electron chi connectivity index (χ3n) is 4.05. The average molecular weight is 358 g/mol. The van der Waals surface area contributed by atoms with Gasteiger partial charge in [0, 0.05) is 23.7 Å². The molecule has 0 bridgehead atoms. The van der Waals surface area contributed by atoms with Crippen molar-refractivity contribution in [1.82, 2.24) is 34.9 Å². The average Bonchev–Trinajstić information content (AvgIpc) is 3.17. The Kier molecular flexibility index (Phi) is 4.52. The van der Waals surface area contributed by atoms with Crippen LogP contribution in [-0.4, -0.2) is 34.9 Å². The van der Waals surface area contributed by atoms with Crippen molar-refractivity contribution >= 4 is 5.95 Å². The van der Waals surface area contributed by atoms with Crippen LogP contribution in [0.2, 0.25) is 0 Å². The van der Waals surface area contributed by atoms with Crippen LogP contribution in [0.3, 0.4) is 0 Å². The molecule has 0 aliphatic carbocycles. The minimum Gasteiger partial charge on any atom is -0.368 e. The highest BCUT2D eigenvalue weighted by atomic mass is 15.4. The summed E-state index contributed by atoms with van der Waals surface area (Å²) < 4.78 is 1.74. The molecular formula is C19H18N8. The summed E-state index contributed by atoms with van der Waals surface area (Å²) in [6.07, 6.45) is 6.17. The first-order chi connectivity index (χ1) is 13.2. The number of rotatable bonds is 5. The molecule has 0 aliphatic heterocycles. The lowest BCUT2D eigenvalue weighted by Crippen LogP contribution is -2.03. The van der Waals surface area contributed by atoms with Crippen molar-refractivity contribution in [2.24, 2.45) is 0 Å². The normalized spacial score (nSPS) is 10.9. The smallest absolute Gasteiger partial charge is 0.221 e. The fourth-order valence-electron chi connectivity index (χ4n) is 2.73. The highest BCUT2D eigenvalue weighted by Gasteiger charge is 2.11. The molecule has 0 radical (unpaired) electrons. The first kappa shape index (κ1) is 16.8. The monoisotopic (exact) mass is 358 g/mol. The van der Waals surface area contributed by atoms with Gasteiger partial charge in [-0.25, -0.2) is 14.6 Å². The molecule has 0 saturated carbocycles. The summed E-state index contributed by atoms with van der Waals surface area (Å²) in [5.41, 5.74) is 10.7. The molecule has 134 valence electrons. The van der Waals surface area contributed by atoms with Crippen LogP contribution in [0.4, 0.5) is 5.95 Å². The minimum absolute atomic E-state index is 0.179. The Bertz CT molecular complexity index is 1060. The van der Waals surface area contributed by atoms with E-state index < -0.39 is 0 Å². The number of anilines is 1. The zero-order valence-electron chi connectivity index (χ0n) is 14.8. The van der Waals surface area contributed by atoms with Crippen LogP contribution in [-0.2, 0) is 13.0 Å². The van der Waals surface area contributed by atoms with Gasteiger partial charge in [-0.1, -0.05) is 18.2 Å². The highest BCUT2D eigenvalue weighted by molar-refractivity contribution is 5.66. The molecule has 4 aromatic rings. The molecule has 0 fully saturated rings. The van der Waals surface area contributed by atoms with Crippen LogP contribution in [0.15, 0.2) is 55.0 Å². The summed E-state index contributed by atoms with van der Waals surface area (Å²) in [5.74, 6) is 0.179. The van der Waals surface area contributed by atoms with Gasteiger partial charge in [0.05, 0.1) is 29.8 Å². The molecule has 0 unspecified atom stereocenters. The van der Waals surface area contributed by atoms with Crippen molar-refractivity contribution < 1.29 is 0 Å². The van der Waals surface area contributed by atoms with Crippen LogP contribution in [0.25, 0.3) is 22.6 Å². The van der Waals surface area contributed by atoms with E-state index >= 15 is 0 Å². The van der Waals surface area contributed by atoms with Crippen LogP contribution < -0.4 is 5.73 Å². The number of aryl methyl sites for hydroxylation is 1. The molecule has 4 heterocycles. The Balaban J connectivity index is 1.62. The maximum Gasteiger partial charge on any atom is 0.221 e. The Morgan fingerprint density at radius 3 is 2.63 bits per heavy atom. The van der Waals surface area contributed by atoms with Crippen LogP contribution in [0, 0.1) is 0 Å². The molecule has 0 amide bonds. The largest absolute Gasteiger partial charge is 0.368 e. The minimum atomic E-state index is 0.179. The molecule has 4 rings (SSSR count). The standard InChI is InChI=1S/C19H18N8/c1-2-14-6-3-7-15(22-14)11-27-12-18(25-26-27)17-9-16(23-19(20)24-17)13-5-4-8-21-10-13/h3-10,12H,2,11H2,1H3,(H2,20,23,24). The molecular weight excluding hydrogens is 340 g/mol. The van der Waals surface area contributed by atoms with Gasteiger partial charge in [0.25, 0.3) is 0 Å². The fourth-order valence-corrected chi connectivity index (χ4v) is 2.73. The number of aromatic nitrogens is 7. The van der Waals surface area contributed by atoms with Crippen molar-refractivity contribution in [3.63, 3.8) is 0 Å². The van der Waals surface area contributed by atoms with E-state index in [2.05, 4.69) is 37.2 Å². The van der Waals surface area contributed by atoms with Crippen LogP contribution in [0.5, 0.6) is 0 Å². The second-order valence-corrected chi connectivity index (χ2v) is 6.01. The van der Waals surface area contributed by atoms with E-state index in [1.54, 1.807) is 17.1 Å². The van der Waals surface area contributed by atoms with E-state index in [9.17, 15) is 0 Å². The maximum atomic E-state index is 5.89. The second-order valence-electron chi connectivity index (χ2n) is 6.01. The molecule has 27 heavy (non-hydrogen) atoms. The molecule has 8 heteroatoms. The lowest BCUT2D eigenvalue weighted by atomic mass is 10.1. The van der Waals surface area contributed by atoms with Gasteiger partial charge < -0.3 is 5.73 Å². The number of hydrogen-bond donors (Lipinski definition) is 1. The first-order valence-corrected chi connectivity index (χ1v) is 8.61. The summed E-state index contributed by atoms with van der Waals surface area (Å²) in [7, 11) is 0. The Morgan fingerprint density at radius 1 is 0.963 bits per heavy atom. The van der Waals surface area contributed by atoms with Crippen LogP contribution in [0.1, 0.15) is 18.3 Å². The number of hydrogen-bond acceptors (Lipinski definition) is 7. The van der Waals surface area contributed by atoms with E-state index in [0.717, 1.165) is 23.4 Å². The van der Waals surface area contributed by atoms with Gasteiger partial charge in [-0.05, 0) is 36.8 Å². The summed E-state index contributed by atoms with van der Waals surface area (Å²) in [5, 5.41) is 8.41. The van der Waals surface area contributed by atoms with Gasteiger partial charge >= 0.3 is 0 Å². The zero-order valence-corrected chi connectivity index (χ0v) is 14.8. The summed E-state index contributed by atoms with van der Waals surface area (Å²) in [6.45, 7) is 2.62. The zero-order chi connectivity index (χ0) is 18.6. The quantitative estimate of drug-likeness (QED) is 0.583. The number of nitrogens with zero attached hydrogens (tertiary/aromatic N) is 7. The molecule has 0 saturated heterocycles. The van der Waals surface area contributed by atoms with Crippen molar-refractivity contribution in [3.05, 3.63) is 66.4 Å². The Hall–Kier alpha value is -3.68. The van der Waals surface area contributed by atoms with Crippen molar-refractivity contribution in [2.45, 2.75) is 19.9 Å². The maximum absolute atomic E-state index is 5.89. The van der Waals surface area contributed by atoms with Gasteiger partial charge in [-0.15, -0.1) is 5.10 Å². The summed E-state index contributed by atoms with van der Waals surface area (Å²) in [6, 6.07) is 11.6. The van der Waals surface area contributed by atoms with Gasteiger partial charge in [0.1, 0.15) is 5.69 Å². The number of pyridine rings is 2. The third-order valence-corrected chi connectivity index (χ3v) is 4.05. The Labute approximate surface area is 156 Å². The van der Waals surface area contributed by atoms with E-state index in [1.165, 1.54) is 0 Å². The van der Waals surface area contributed by atoms with E-state index in [-0.39, 0.29) is 5.95 Å². The van der Waals surface area contributed by atoms with E-state index in [4.69, 9.17) is 5.73 Å². The highest BCUT2D eigenvalue weighted by Crippen LogP contribution is 2.22. The van der Waals surface area contributed by atoms with Gasteiger partial charge in [-0.2, -0.15) is 0 Å². The van der Waals surface area contributed by atoms with E-state index in [0.29, 0.717) is 23.6 Å². The summed E-state index contributed by atoms with van der Waals surface area (Å²) in [4.78, 5) is 17.3. The number of nitrogens with two attached hydrogens (primary N) is 1. The molecule has 8 nitrogen and oxygen atoms in total. The lowest BCUT2D eigenvalue weighted by Gasteiger charge is -2.04. The van der Waals surface area contributed by atoms with Crippen molar-refractivity contribution in [3.8, 4) is 22.6 Å². The van der Waals surface area contributed by atoms with Gasteiger partial charge in [0.2, 0.25) is 5.95 Å². The fraction of sp³-hybridized carbons (Fsp3) is 0.158. The Morgan fingerprint density at radius 2 is 1.81 bits per heavy atom. The van der Waals surface area contributed by atoms with E-state index in [1.807, 2.05) is 42.6 Å². The molecule has 0 atom stereocenters. The second kappa shape index (κ2) is 7.28. The van der Waals surface area contributed by atoms with Crippen molar-refractivity contribution in [1.29, 1.82) is 0 Å².